The Morgan fingerprint density at radius 1 is 1.11 bits per heavy atom. The zero-order chi connectivity index (χ0) is 20.5. The van der Waals surface area contributed by atoms with Crippen molar-refractivity contribution in [3.63, 3.8) is 0 Å². The maximum Gasteiger partial charge on any atom is 1.00 e. The van der Waals surface area contributed by atoms with Gasteiger partial charge in [-0.15, -0.1) is 0 Å². The van der Waals surface area contributed by atoms with E-state index in [1.807, 2.05) is 34.6 Å². The normalized spacial score (nSPS) is 9.37. The third kappa shape index (κ3) is 67.5. The van der Waals surface area contributed by atoms with Gasteiger partial charge in [0.05, 0.1) is 0 Å². The molecular formula is C16H36BN5NaO4. The first-order valence-corrected chi connectivity index (χ1v) is 8.10. The summed E-state index contributed by atoms with van der Waals surface area (Å²) in [5, 5.41) is 3.66. The average molecular weight is 396 g/mol. The van der Waals surface area contributed by atoms with Gasteiger partial charge < -0.3 is 16.7 Å². The van der Waals surface area contributed by atoms with Gasteiger partial charge >= 0.3 is 29.6 Å². The number of nitrogens with zero attached hydrogens (tertiary/aromatic N) is 1. The fourth-order valence-corrected chi connectivity index (χ4v) is 0.494. The first kappa shape index (κ1) is 40.6. The van der Waals surface area contributed by atoms with Crippen LogP contribution in [0.2, 0.25) is 0 Å². The van der Waals surface area contributed by atoms with E-state index in [-0.39, 0.29) is 51.7 Å². The number of carbonyl (C=O) groups is 4. The van der Waals surface area contributed by atoms with Crippen LogP contribution >= 0.6 is 0 Å². The van der Waals surface area contributed by atoms with Gasteiger partial charge in [0.2, 0.25) is 12.8 Å². The summed E-state index contributed by atoms with van der Waals surface area (Å²) in [5.74, 6) is 0.255. The van der Waals surface area contributed by atoms with E-state index in [9.17, 15) is 14.4 Å². The fraction of sp³-hybridized carbons (Fsp3) is 0.688. The molecule has 5 N–H and O–H groups in total. The summed E-state index contributed by atoms with van der Waals surface area (Å²) in [4.78, 5) is 38.1. The van der Waals surface area contributed by atoms with Gasteiger partial charge in [-0.25, -0.2) is 10.9 Å². The quantitative estimate of drug-likeness (QED) is 0.146. The van der Waals surface area contributed by atoms with E-state index in [1.54, 1.807) is 6.92 Å². The minimum absolute atomic E-state index is 0. The Balaban J connectivity index is -0.0000000420. The monoisotopic (exact) mass is 396 g/mol. The molecule has 27 heavy (non-hydrogen) atoms. The standard InChI is InChI=1S/C5H12N2O.C5H10N2O.C4H8O.C2H5NO.B.Na.H/c2*1-3-5(2)7-6-4-8;1-3-4(2)5;3-1-2-4;;;/h4-5,7H,3H2,1-2H3,(H,6,8);4H,3H2,1-2H3,(H,6,8);3H2,1-2H3;2H,1,3H2;;;/q;;;;;+1;-1/b;7-5+;;;;;. The number of rotatable bonds is 9. The van der Waals surface area contributed by atoms with E-state index in [1.165, 1.54) is 0 Å². The second-order valence-electron chi connectivity index (χ2n) is 4.62. The van der Waals surface area contributed by atoms with Crippen molar-refractivity contribution in [2.75, 3.05) is 6.54 Å². The van der Waals surface area contributed by atoms with Crippen molar-refractivity contribution in [1.29, 1.82) is 0 Å². The Kier molecular flexibility index (Phi) is 59.9. The topological polar surface area (TPSA) is 143 Å². The van der Waals surface area contributed by atoms with Crippen LogP contribution in [0.5, 0.6) is 0 Å². The molecule has 0 spiro atoms. The summed E-state index contributed by atoms with van der Waals surface area (Å²) >= 11 is 0. The number of nitrogens with two attached hydrogens (primary N) is 1. The van der Waals surface area contributed by atoms with Gasteiger partial charge in [0, 0.05) is 33.1 Å². The number of Topliss-reactive ketones (excluding diaryl/α,β-unsaturated/α-hetero) is 1. The Labute approximate surface area is 189 Å². The van der Waals surface area contributed by atoms with Gasteiger partial charge in [-0.3, -0.25) is 15.0 Å². The van der Waals surface area contributed by atoms with Crippen LogP contribution in [0.25, 0.3) is 0 Å². The summed E-state index contributed by atoms with van der Waals surface area (Å²) in [6.07, 6.45) is 4.40. The third-order valence-corrected chi connectivity index (χ3v) is 2.41. The first-order chi connectivity index (χ1) is 11.8. The van der Waals surface area contributed by atoms with Crippen molar-refractivity contribution in [2.24, 2.45) is 10.8 Å². The molecule has 0 fully saturated rings. The Morgan fingerprint density at radius 2 is 1.56 bits per heavy atom. The van der Waals surface area contributed by atoms with Gasteiger partial charge in [-0.1, -0.05) is 20.8 Å². The number of hydrazone groups is 1. The second kappa shape index (κ2) is 39.8. The van der Waals surface area contributed by atoms with Crippen molar-refractivity contribution in [1.82, 2.24) is 16.3 Å². The van der Waals surface area contributed by atoms with Gasteiger partial charge in [0.15, 0.2) is 0 Å². The predicted molar refractivity (Wildman–Crippen MR) is 108 cm³/mol. The van der Waals surface area contributed by atoms with E-state index >= 15 is 0 Å². The molecule has 0 aromatic carbocycles. The van der Waals surface area contributed by atoms with Gasteiger partial charge in [0.1, 0.15) is 12.1 Å². The molecule has 1 unspecified atom stereocenters. The Morgan fingerprint density at radius 3 is 1.78 bits per heavy atom. The largest absolute Gasteiger partial charge is 1.00 e. The van der Waals surface area contributed by atoms with E-state index < -0.39 is 0 Å². The van der Waals surface area contributed by atoms with Crippen LogP contribution in [-0.4, -0.2) is 51.6 Å². The summed E-state index contributed by atoms with van der Waals surface area (Å²) in [6.45, 7) is 11.4. The second-order valence-corrected chi connectivity index (χ2v) is 4.62. The SMILES string of the molecule is CC/C(C)=N/NC=O.CCC(C)=O.CCC(C)NNC=O.NCC=O.[B].[H-].[Na+]. The van der Waals surface area contributed by atoms with Crippen molar-refractivity contribution in [3.05, 3.63) is 0 Å². The third-order valence-electron chi connectivity index (χ3n) is 2.41. The van der Waals surface area contributed by atoms with E-state index in [2.05, 4.69) is 27.1 Å². The van der Waals surface area contributed by atoms with Crippen LogP contribution in [0.1, 0.15) is 62.2 Å². The van der Waals surface area contributed by atoms with Crippen LogP contribution in [0, 0.1) is 0 Å². The fourth-order valence-electron chi connectivity index (χ4n) is 0.494. The molecule has 0 aromatic rings. The number of hydrazine groups is 1. The van der Waals surface area contributed by atoms with E-state index in [0.29, 0.717) is 31.6 Å². The van der Waals surface area contributed by atoms with Crippen molar-refractivity contribution in [2.45, 2.75) is 66.8 Å². The predicted octanol–water partition coefficient (Wildman–Crippen LogP) is -2.58. The van der Waals surface area contributed by atoms with Gasteiger partial charge in [-0.05, 0) is 33.6 Å². The number of aldehydes is 1. The molecular weight excluding hydrogens is 360 g/mol. The molecule has 0 aliphatic rings. The minimum atomic E-state index is 0. The molecule has 0 saturated carbocycles. The molecule has 1 atom stereocenters. The summed E-state index contributed by atoms with van der Waals surface area (Å²) in [7, 11) is 0. The molecule has 3 radical (unpaired) electrons. The Hall–Kier alpha value is -1.07. The van der Waals surface area contributed by atoms with Gasteiger partial charge in [0.25, 0.3) is 0 Å². The van der Waals surface area contributed by atoms with Crippen molar-refractivity contribution < 1.29 is 50.2 Å². The number of nitrogens with one attached hydrogen (secondary N) is 3. The minimum Gasteiger partial charge on any atom is -1.00 e. The number of amides is 2. The smallest absolute Gasteiger partial charge is 1.00 e. The maximum atomic E-state index is 9.81. The van der Waals surface area contributed by atoms with Crippen LogP contribution in [0.4, 0.5) is 0 Å². The molecule has 0 aliphatic heterocycles. The Bertz CT molecular complexity index is 368. The maximum absolute atomic E-state index is 9.81. The zero-order valence-electron chi connectivity index (χ0n) is 18.9. The molecule has 0 rings (SSSR count). The number of carbonyl (C=O) groups excluding carboxylic acids is 4. The van der Waals surface area contributed by atoms with Crippen LogP contribution in [0.3, 0.4) is 0 Å². The number of hydrogen-bond donors (Lipinski definition) is 4. The molecule has 0 aromatic heterocycles. The summed E-state index contributed by atoms with van der Waals surface area (Å²) < 4.78 is 0. The molecule has 11 heteroatoms. The molecule has 0 heterocycles. The first-order valence-electron chi connectivity index (χ1n) is 8.10. The summed E-state index contributed by atoms with van der Waals surface area (Å²) in [5.41, 5.74) is 12.9. The molecule has 9 nitrogen and oxygen atoms in total. The van der Waals surface area contributed by atoms with Crippen LogP contribution in [0.15, 0.2) is 5.10 Å². The molecule has 153 valence electrons. The molecule has 2 amide bonds. The molecule has 0 saturated heterocycles. The number of ketones is 1. The average Bonchev–Trinajstić information content (AvgIpc) is 2.64. The number of hydrogen-bond acceptors (Lipinski definition) is 7. The van der Waals surface area contributed by atoms with Crippen LogP contribution < -0.4 is 51.6 Å². The summed E-state index contributed by atoms with van der Waals surface area (Å²) in [6, 6.07) is 0.361. The zero-order valence-corrected chi connectivity index (χ0v) is 19.9. The van der Waals surface area contributed by atoms with E-state index in [4.69, 9.17) is 4.79 Å². The molecule has 0 aliphatic carbocycles. The van der Waals surface area contributed by atoms with Crippen molar-refractivity contribution >= 4 is 39.0 Å². The van der Waals surface area contributed by atoms with Crippen molar-refractivity contribution in [3.8, 4) is 0 Å². The van der Waals surface area contributed by atoms with Gasteiger partial charge in [-0.2, -0.15) is 5.10 Å². The molecule has 0 bridgehead atoms. The van der Waals surface area contributed by atoms with Crippen LogP contribution in [-0.2, 0) is 19.2 Å². The van der Waals surface area contributed by atoms with E-state index in [0.717, 1.165) is 18.6 Å².